The van der Waals surface area contributed by atoms with Gasteiger partial charge in [0.15, 0.2) is 0 Å². The second kappa shape index (κ2) is 7.92. The van der Waals surface area contributed by atoms with Crippen LogP contribution < -0.4 is 10.2 Å². The maximum atomic E-state index is 3.87. The van der Waals surface area contributed by atoms with Crippen LogP contribution in [0.4, 0.5) is 17.1 Å². The molecular weight excluding hydrogens is 354 g/mol. The van der Waals surface area contributed by atoms with Crippen LogP contribution in [0.25, 0.3) is 0 Å². The molecule has 0 fully saturated rings. The molecule has 0 spiro atoms. The largest absolute Gasteiger partial charge is 0.376 e. The molecule has 0 saturated carbocycles. The van der Waals surface area contributed by atoms with Crippen molar-refractivity contribution in [2.24, 2.45) is 0 Å². The van der Waals surface area contributed by atoms with Crippen molar-refractivity contribution in [3.8, 4) is 0 Å². The summed E-state index contributed by atoms with van der Waals surface area (Å²) in [6.07, 6.45) is 3.45. The minimum absolute atomic E-state index is 0.360. The number of hydrogen-bond acceptors (Lipinski definition) is 3. The van der Waals surface area contributed by atoms with Crippen molar-refractivity contribution in [2.75, 3.05) is 30.4 Å². The van der Waals surface area contributed by atoms with E-state index in [-0.39, 0.29) is 0 Å². The lowest BCUT2D eigenvalue weighted by Crippen LogP contribution is -2.20. The minimum atomic E-state index is 0.360. The van der Waals surface area contributed by atoms with Gasteiger partial charge in [0.1, 0.15) is 0 Å². The van der Waals surface area contributed by atoms with Crippen molar-refractivity contribution in [3.05, 3.63) is 89.5 Å². The quantitative estimate of drug-likeness (QED) is 0.584. The molecular formula is C26H29N3. The van der Waals surface area contributed by atoms with Crippen molar-refractivity contribution < 1.29 is 0 Å². The first-order valence-electron chi connectivity index (χ1n) is 10.8. The van der Waals surface area contributed by atoms with Gasteiger partial charge in [-0.25, -0.2) is 0 Å². The molecule has 0 radical (unpaired) electrons. The third kappa shape index (κ3) is 3.63. The zero-order chi connectivity index (χ0) is 19.6. The van der Waals surface area contributed by atoms with Gasteiger partial charge in [-0.15, -0.1) is 0 Å². The Labute approximate surface area is 174 Å². The number of hydrogen-bond donors (Lipinski definition) is 1. The summed E-state index contributed by atoms with van der Waals surface area (Å²) in [5.74, 6) is 0. The Balaban J connectivity index is 1.33. The number of benzene rings is 3. The molecule has 2 aliphatic rings. The van der Waals surface area contributed by atoms with Crippen LogP contribution in [0.3, 0.4) is 0 Å². The van der Waals surface area contributed by atoms with Crippen LogP contribution in [-0.2, 0) is 13.0 Å². The summed E-state index contributed by atoms with van der Waals surface area (Å²) in [5, 5.41) is 3.87. The predicted octanol–water partition coefficient (Wildman–Crippen LogP) is 5.76. The second-order valence-corrected chi connectivity index (χ2v) is 8.34. The van der Waals surface area contributed by atoms with E-state index in [1.807, 2.05) is 0 Å². The third-order valence-corrected chi connectivity index (χ3v) is 6.25. The summed E-state index contributed by atoms with van der Waals surface area (Å²) in [4.78, 5) is 4.95. The van der Waals surface area contributed by atoms with E-state index in [0.717, 1.165) is 32.5 Å². The first-order chi connectivity index (χ1) is 14.3. The lowest BCUT2D eigenvalue weighted by Gasteiger charge is -2.23. The number of nitrogens with one attached hydrogen (secondary N) is 1. The molecule has 2 aliphatic heterocycles. The molecule has 0 aliphatic carbocycles. The van der Waals surface area contributed by atoms with Crippen molar-refractivity contribution in [3.63, 3.8) is 0 Å². The molecule has 3 aromatic carbocycles. The SMILES string of the molecule is CN(CCCC1Nc2ccccc2N2CCc3cccc1c32)Cc1ccccc1. The zero-order valence-corrected chi connectivity index (χ0v) is 17.1. The van der Waals surface area contributed by atoms with Gasteiger partial charge in [0.05, 0.1) is 17.4 Å². The van der Waals surface area contributed by atoms with Gasteiger partial charge in [-0.05, 0) is 61.7 Å². The second-order valence-electron chi connectivity index (χ2n) is 8.34. The average molecular weight is 384 g/mol. The zero-order valence-electron chi connectivity index (χ0n) is 17.1. The lowest BCUT2D eigenvalue weighted by atomic mass is 9.97. The molecule has 0 saturated heterocycles. The monoisotopic (exact) mass is 383 g/mol. The lowest BCUT2D eigenvalue weighted by molar-refractivity contribution is 0.315. The fourth-order valence-corrected chi connectivity index (χ4v) is 4.87. The van der Waals surface area contributed by atoms with Gasteiger partial charge in [0.25, 0.3) is 0 Å². The van der Waals surface area contributed by atoms with Gasteiger partial charge in [0, 0.05) is 18.8 Å². The standard InChI is InChI=1S/C26H29N3/c1-28(19-20-9-3-2-4-10-20)17-8-14-23-22-12-7-11-21-16-18-29(26(21)22)25-15-6-5-13-24(25)27-23/h2-7,9-13,15,23,27H,8,14,16-19H2,1H3. The Kier molecular flexibility index (Phi) is 4.99. The van der Waals surface area contributed by atoms with Crippen LogP contribution in [0.15, 0.2) is 72.8 Å². The molecule has 0 amide bonds. The Morgan fingerprint density at radius 1 is 0.966 bits per heavy atom. The maximum absolute atomic E-state index is 3.87. The van der Waals surface area contributed by atoms with E-state index in [9.17, 15) is 0 Å². The van der Waals surface area contributed by atoms with Crippen molar-refractivity contribution in [1.82, 2.24) is 4.90 Å². The van der Waals surface area contributed by atoms with Crippen LogP contribution in [0, 0.1) is 0 Å². The summed E-state index contributed by atoms with van der Waals surface area (Å²) < 4.78 is 0. The Morgan fingerprint density at radius 3 is 2.69 bits per heavy atom. The summed E-state index contributed by atoms with van der Waals surface area (Å²) in [6, 6.07) is 26.8. The van der Waals surface area contributed by atoms with E-state index < -0.39 is 0 Å². The van der Waals surface area contributed by atoms with Crippen molar-refractivity contribution in [2.45, 2.75) is 31.8 Å². The van der Waals surface area contributed by atoms with E-state index in [1.54, 1.807) is 0 Å². The molecule has 1 unspecified atom stereocenters. The highest BCUT2D eigenvalue weighted by Gasteiger charge is 2.31. The molecule has 148 valence electrons. The first kappa shape index (κ1) is 18.3. The minimum Gasteiger partial charge on any atom is -0.376 e. The molecule has 5 rings (SSSR count). The average Bonchev–Trinajstić information content (AvgIpc) is 3.12. The predicted molar refractivity (Wildman–Crippen MR) is 122 cm³/mol. The maximum Gasteiger partial charge on any atom is 0.0646 e. The van der Waals surface area contributed by atoms with Crippen LogP contribution >= 0.6 is 0 Å². The molecule has 0 aromatic heterocycles. The molecule has 1 N–H and O–H groups in total. The molecule has 3 aromatic rings. The van der Waals surface area contributed by atoms with Crippen LogP contribution in [0.2, 0.25) is 0 Å². The normalized spacial score (nSPS) is 16.9. The Hall–Kier alpha value is -2.78. The highest BCUT2D eigenvalue weighted by Crippen LogP contribution is 2.47. The fraction of sp³-hybridized carbons (Fsp3) is 0.308. The van der Waals surface area contributed by atoms with Crippen molar-refractivity contribution in [1.29, 1.82) is 0 Å². The van der Waals surface area contributed by atoms with E-state index in [0.29, 0.717) is 6.04 Å². The number of para-hydroxylation sites is 3. The van der Waals surface area contributed by atoms with E-state index in [4.69, 9.17) is 0 Å². The molecule has 3 nitrogen and oxygen atoms in total. The van der Waals surface area contributed by atoms with Gasteiger partial charge in [-0.1, -0.05) is 60.7 Å². The van der Waals surface area contributed by atoms with Gasteiger partial charge in [0.2, 0.25) is 0 Å². The molecule has 29 heavy (non-hydrogen) atoms. The molecule has 1 atom stereocenters. The van der Waals surface area contributed by atoms with Crippen molar-refractivity contribution >= 4 is 17.1 Å². The number of fused-ring (bicyclic) bond motifs is 2. The summed E-state index contributed by atoms with van der Waals surface area (Å²) in [6.45, 7) is 3.20. The summed E-state index contributed by atoms with van der Waals surface area (Å²) in [7, 11) is 2.23. The van der Waals surface area contributed by atoms with Gasteiger partial charge < -0.3 is 15.1 Å². The topological polar surface area (TPSA) is 18.5 Å². The summed E-state index contributed by atoms with van der Waals surface area (Å²) >= 11 is 0. The first-order valence-corrected chi connectivity index (χ1v) is 10.8. The van der Waals surface area contributed by atoms with Gasteiger partial charge in [-0.3, -0.25) is 0 Å². The number of rotatable bonds is 6. The van der Waals surface area contributed by atoms with E-state index in [1.165, 1.54) is 40.2 Å². The highest BCUT2D eigenvalue weighted by molar-refractivity contribution is 5.84. The van der Waals surface area contributed by atoms with Crippen LogP contribution in [0.1, 0.15) is 35.6 Å². The molecule has 3 heteroatoms. The van der Waals surface area contributed by atoms with Crippen LogP contribution in [0.5, 0.6) is 0 Å². The van der Waals surface area contributed by atoms with Gasteiger partial charge >= 0.3 is 0 Å². The Bertz CT molecular complexity index is 982. The van der Waals surface area contributed by atoms with Gasteiger partial charge in [-0.2, -0.15) is 0 Å². The summed E-state index contributed by atoms with van der Waals surface area (Å²) in [5.41, 5.74) is 8.37. The third-order valence-electron chi connectivity index (χ3n) is 6.25. The molecule has 2 heterocycles. The van der Waals surface area contributed by atoms with E-state index >= 15 is 0 Å². The number of anilines is 3. The van der Waals surface area contributed by atoms with Crippen LogP contribution in [-0.4, -0.2) is 25.0 Å². The van der Waals surface area contributed by atoms with E-state index in [2.05, 4.69) is 95.0 Å². The highest BCUT2D eigenvalue weighted by atomic mass is 15.2. The smallest absolute Gasteiger partial charge is 0.0646 e. The Morgan fingerprint density at radius 2 is 1.79 bits per heavy atom. The fourth-order valence-electron chi connectivity index (χ4n) is 4.87. The molecule has 0 bridgehead atoms. The number of nitrogens with zero attached hydrogens (tertiary/aromatic N) is 2.